The Hall–Kier alpha value is -4.28. The van der Waals surface area contributed by atoms with Crippen LogP contribution >= 0.6 is 0 Å². The minimum Gasteiger partial charge on any atom is -0.457 e. The summed E-state index contributed by atoms with van der Waals surface area (Å²) in [6, 6.07) is 6.90. The van der Waals surface area contributed by atoms with Crippen LogP contribution in [-0.4, -0.2) is 25.5 Å². The second-order valence-corrected chi connectivity index (χ2v) is 7.76. The summed E-state index contributed by atoms with van der Waals surface area (Å²) in [6.45, 7) is 8.75. The van der Waals surface area contributed by atoms with Crippen molar-refractivity contribution in [1.82, 2.24) is 9.78 Å². The fourth-order valence-corrected chi connectivity index (χ4v) is 3.40. The van der Waals surface area contributed by atoms with Gasteiger partial charge in [-0.3, -0.25) is 29.7 Å². The SMILES string of the molecule is Cc1cc(C)c(C)c(Oc2cc(NC(=O)C(C)n3ncc([N+](=O)[O-])c3C)cc([N+](=O)[O-])c2)c1. The number of hydrogen-bond acceptors (Lipinski definition) is 7. The van der Waals surface area contributed by atoms with Crippen molar-refractivity contribution in [2.45, 2.75) is 40.7 Å². The minimum absolute atomic E-state index is 0.150. The molecule has 0 bridgehead atoms. The fourth-order valence-electron chi connectivity index (χ4n) is 3.40. The number of anilines is 1. The Morgan fingerprint density at radius 2 is 1.76 bits per heavy atom. The van der Waals surface area contributed by atoms with E-state index < -0.39 is 21.8 Å². The van der Waals surface area contributed by atoms with E-state index in [0.29, 0.717) is 5.75 Å². The lowest BCUT2D eigenvalue weighted by atomic mass is 10.1. The predicted octanol–water partition coefficient (Wildman–Crippen LogP) is 4.93. The van der Waals surface area contributed by atoms with E-state index in [1.165, 1.54) is 36.7 Å². The number of carbonyl (C=O) groups excluding carboxylic acids is 1. The summed E-state index contributed by atoms with van der Waals surface area (Å²) < 4.78 is 7.15. The van der Waals surface area contributed by atoms with Gasteiger partial charge in [-0.2, -0.15) is 5.10 Å². The van der Waals surface area contributed by atoms with Crippen molar-refractivity contribution in [3.8, 4) is 11.5 Å². The topological polar surface area (TPSA) is 142 Å². The lowest BCUT2D eigenvalue weighted by Crippen LogP contribution is -2.25. The molecule has 172 valence electrons. The van der Waals surface area contributed by atoms with Crippen LogP contribution in [0.5, 0.6) is 11.5 Å². The van der Waals surface area contributed by atoms with Crippen LogP contribution in [0.3, 0.4) is 0 Å². The van der Waals surface area contributed by atoms with Gasteiger partial charge in [0.2, 0.25) is 5.91 Å². The number of carbonyl (C=O) groups is 1. The molecule has 0 spiro atoms. The molecule has 1 unspecified atom stereocenters. The van der Waals surface area contributed by atoms with Crippen molar-refractivity contribution in [3.63, 3.8) is 0 Å². The number of non-ortho nitro benzene ring substituents is 1. The van der Waals surface area contributed by atoms with Gasteiger partial charge in [0.25, 0.3) is 5.69 Å². The number of nitro groups is 2. The fraction of sp³-hybridized carbons (Fsp3) is 0.273. The number of amides is 1. The molecule has 1 N–H and O–H groups in total. The zero-order valence-electron chi connectivity index (χ0n) is 18.8. The van der Waals surface area contributed by atoms with Gasteiger partial charge in [-0.05, 0) is 57.4 Å². The first-order valence-electron chi connectivity index (χ1n) is 10.0. The second kappa shape index (κ2) is 9.07. The average Bonchev–Trinajstić information content (AvgIpc) is 3.12. The number of hydrogen-bond donors (Lipinski definition) is 1. The van der Waals surface area contributed by atoms with Crippen molar-refractivity contribution in [2.75, 3.05) is 5.32 Å². The molecule has 11 nitrogen and oxygen atoms in total. The molecule has 0 saturated carbocycles. The lowest BCUT2D eigenvalue weighted by Gasteiger charge is -2.16. The van der Waals surface area contributed by atoms with Crippen LogP contribution in [0.1, 0.15) is 35.3 Å². The van der Waals surface area contributed by atoms with E-state index in [1.54, 1.807) is 0 Å². The van der Waals surface area contributed by atoms with Crippen molar-refractivity contribution >= 4 is 23.0 Å². The Morgan fingerprint density at radius 1 is 1.06 bits per heavy atom. The summed E-state index contributed by atoms with van der Waals surface area (Å²) in [7, 11) is 0. The van der Waals surface area contributed by atoms with E-state index in [2.05, 4.69) is 10.4 Å². The van der Waals surface area contributed by atoms with Crippen molar-refractivity contribution in [2.24, 2.45) is 0 Å². The number of aromatic nitrogens is 2. The van der Waals surface area contributed by atoms with Crippen LogP contribution < -0.4 is 10.1 Å². The molecule has 2 aromatic carbocycles. The largest absolute Gasteiger partial charge is 0.457 e. The number of ether oxygens (including phenoxy) is 1. The highest BCUT2D eigenvalue weighted by Crippen LogP contribution is 2.33. The number of nitrogens with zero attached hydrogens (tertiary/aromatic N) is 4. The standard InChI is InChI=1S/C22H23N5O6/c1-12-6-13(2)14(3)21(7-12)33-19-9-17(8-18(10-19)26(29)30)24-22(28)16(5)25-15(4)20(11-23-25)27(31)32/h6-11,16H,1-5H3,(H,24,28). The van der Waals surface area contributed by atoms with Crippen molar-refractivity contribution < 1.29 is 19.4 Å². The quantitative estimate of drug-likeness (QED) is 0.395. The van der Waals surface area contributed by atoms with Gasteiger partial charge < -0.3 is 10.1 Å². The molecular weight excluding hydrogens is 430 g/mol. The van der Waals surface area contributed by atoms with E-state index in [-0.39, 0.29) is 28.5 Å². The second-order valence-electron chi connectivity index (χ2n) is 7.76. The van der Waals surface area contributed by atoms with Gasteiger partial charge in [-0.1, -0.05) is 6.07 Å². The van der Waals surface area contributed by atoms with E-state index in [0.717, 1.165) is 22.9 Å². The zero-order valence-corrected chi connectivity index (χ0v) is 18.8. The van der Waals surface area contributed by atoms with Gasteiger partial charge in [0.15, 0.2) is 0 Å². The third-order valence-electron chi connectivity index (χ3n) is 5.32. The molecule has 0 radical (unpaired) electrons. The van der Waals surface area contributed by atoms with Gasteiger partial charge in [0.1, 0.15) is 29.4 Å². The number of rotatable bonds is 7. The van der Waals surface area contributed by atoms with Crippen LogP contribution in [0.25, 0.3) is 0 Å². The molecule has 3 rings (SSSR count). The highest BCUT2D eigenvalue weighted by atomic mass is 16.6. The van der Waals surface area contributed by atoms with Gasteiger partial charge in [-0.25, -0.2) is 0 Å². The average molecular weight is 453 g/mol. The third kappa shape index (κ3) is 4.97. The maximum Gasteiger partial charge on any atom is 0.309 e. The molecule has 0 fully saturated rings. The molecule has 0 aliphatic heterocycles. The molecule has 1 atom stereocenters. The first-order valence-corrected chi connectivity index (χ1v) is 10.0. The third-order valence-corrected chi connectivity index (χ3v) is 5.32. The van der Waals surface area contributed by atoms with Gasteiger partial charge in [-0.15, -0.1) is 0 Å². The summed E-state index contributed by atoms with van der Waals surface area (Å²) in [5.74, 6) is 0.189. The number of nitrogens with one attached hydrogen (secondary N) is 1. The summed E-state index contributed by atoms with van der Waals surface area (Å²) in [5, 5.41) is 29.0. The smallest absolute Gasteiger partial charge is 0.309 e. The predicted molar refractivity (Wildman–Crippen MR) is 121 cm³/mol. The molecule has 0 saturated heterocycles. The molecule has 0 aliphatic rings. The van der Waals surface area contributed by atoms with Crippen LogP contribution in [0.2, 0.25) is 0 Å². The van der Waals surface area contributed by atoms with Crippen LogP contribution in [0.15, 0.2) is 36.5 Å². The highest BCUT2D eigenvalue weighted by Gasteiger charge is 2.24. The van der Waals surface area contributed by atoms with Crippen molar-refractivity contribution in [1.29, 1.82) is 0 Å². The summed E-state index contributed by atoms with van der Waals surface area (Å²) in [6.07, 6.45) is 1.07. The Bertz CT molecular complexity index is 1270. The number of benzene rings is 2. The first kappa shape index (κ1) is 23.4. The molecule has 0 aliphatic carbocycles. The Balaban J connectivity index is 1.90. The van der Waals surface area contributed by atoms with Crippen molar-refractivity contribution in [3.05, 3.63) is 79.1 Å². The summed E-state index contributed by atoms with van der Waals surface area (Å²) in [5.41, 5.74) is 2.79. The number of aryl methyl sites for hydroxylation is 2. The van der Waals surface area contributed by atoms with E-state index in [9.17, 15) is 25.0 Å². The maximum absolute atomic E-state index is 12.8. The monoisotopic (exact) mass is 453 g/mol. The Labute approximate surface area is 189 Å². The van der Waals surface area contributed by atoms with Crippen LogP contribution in [0, 0.1) is 47.9 Å². The molecule has 33 heavy (non-hydrogen) atoms. The molecular formula is C22H23N5O6. The van der Waals surface area contributed by atoms with E-state index >= 15 is 0 Å². The normalized spacial score (nSPS) is 11.7. The zero-order chi connectivity index (χ0) is 24.4. The summed E-state index contributed by atoms with van der Waals surface area (Å²) in [4.78, 5) is 34.1. The summed E-state index contributed by atoms with van der Waals surface area (Å²) >= 11 is 0. The van der Waals surface area contributed by atoms with E-state index in [1.807, 2.05) is 32.9 Å². The molecule has 1 aromatic heterocycles. The highest BCUT2D eigenvalue weighted by molar-refractivity contribution is 5.94. The Kier molecular flexibility index (Phi) is 6.43. The van der Waals surface area contributed by atoms with Crippen LogP contribution in [-0.2, 0) is 4.79 Å². The van der Waals surface area contributed by atoms with Gasteiger partial charge in [0, 0.05) is 12.1 Å². The van der Waals surface area contributed by atoms with Crippen LogP contribution in [0.4, 0.5) is 17.1 Å². The minimum atomic E-state index is -0.899. The molecule has 11 heteroatoms. The molecule has 1 heterocycles. The maximum atomic E-state index is 12.8. The Morgan fingerprint density at radius 3 is 2.36 bits per heavy atom. The number of nitro benzene ring substituents is 1. The molecule has 1 amide bonds. The van der Waals surface area contributed by atoms with Gasteiger partial charge >= 0.3 is 5.69 Å². The van der Waals surface area contributed by atoms with Gasteiger partial charge in [0.05, 0.1) is 21.6 Å². The van der Waals surface area contributed by atoms with E-state index in [4.69, 9.17) is 4.74 Å². The first-order chi connectivity index (χ1) is 15.5. The molecule has 3 aromatic rings. The lowest BCUT2D eigenvalue weighted by molar-refractivity contribution is -0.385.